The zero-order valence-corrected chi connectivity index (χ0v) is 11.5. The number of nitrogens with one attached hydrogen (secondary N) is 1. The number of carbonyl (C=O) groups excluding carboxylic acids is 1. The number of rotatable bonds is 1. The third-order valence-electron chi connectivity index (χ3n) is 5.23. The summed E-state index contributed by atoms with van der Waals surface area (Å²) in [5, 5.41) is 3.31. The van der Waals surface area contributed by atoms with Gasteiger partial charge in [-0.05, 0) is 29.2 Å². The highest BCUT2D eigenvalue weighted by molar-refractivity contribution is 5.85. The van der Waals surface area contributed by atoms with E-state index in [2.05, 4.69) is 33.0 Å². The first kappa shape index (κ1) is 13.8. The summed E-state index contributed by atoms with van der Waals surface area (Å²) in [5.74, 6) is 0.933. The van der Waals surface area contributed by atoms with Crippen molar-refractivity contribution in [3.63, 3.8) is 0 Å². The third-order valence-corrected chi connectivity index (χ3v) is 5.23. The molecule has 1 N–H and O–H groups in total. The van der Waals surface area contributed by atoms with Crippen LogP contribution in [0.5, 0.6) is 0 Å². The molecule has 94 valence electrons. The minimum Gasteiger partial charge on any atom is -0.468 e. The van der Waals surface area contributed by atoms with Crippen molar-refractivity contribution < 1.29 is 9.53 Å². The summed E-state index contributed by atoms with van der Waals surface area (Å²) in [5.41, 5.74) is 0.521. The van der Waals surface area contributed by atoms with Crippen molar-refractivity contribution in [2.45, 2.75) is 33.7 Å². The highest BCUT2D eigenvalue weighted by Crippen LogP contribution is 2.66. The van der Waals surface area contributed by atoms with Crippen molar-refractivity contribution in [1.29, 1.82) is 0 Å². The van der Waals surface area contributed by atoms with E-state index >= 15 is 0 Å². The second-order valence-electron chi connectivity index (χ2n) is 5.98. The van der Waals surface area contributed by atoms with Gasteiger partial charge in [0.05, 0.1) is 7.11 Å². The van der Waals surface area contributed by atoms with Crippen LogP contribution in [-0.4, -0.2) is 25.7 Å². The first-order valence-electron chi connectivity index (χ1n) is 5.65. The van der Waals surface area contributed by atoms with Crippen LogP contribution in [0.4, 0.5) is 0 Å². The monoisotopic (exact) mass is 247 g/mol. The Balaban J connectivity index is 0.00000128. The van der Waals surface area contributed by atoms with Crippen LogP contribution in [0, 0.1) is 22.7 Å². The quantitative estimate of drug-likeness (QED) is 0.719. The molecule has 1 saturated heterocycles. The molecular weight excluding hydrogens is 226 g/mol. The van der Waals surface area contributed by atoms with Gasteiger partial charge in [0.15, 0.2) is 0 Å². The Bertz CT molecular complexity index is 301. The smallest absolute Gasteiger partial charge is 0.323 e. The van der Waals surface area contributed by atoms with Crippen molar-refractivity contribution in [3.8, 4) is 0 Å². The predicted octanol–water partition coefficient (Wildman–Crippen LogP) is 1.85. The number of hydrogen-bond acceptors (Lipinski definition) is 3. The molecule has 1 aliphatic carbocycles. The number of carbonyl (C=O) groups is 1. The van der Waals surface area contributed by atoms with E-state index < -0.39 is 0 Å². The summed E-state index contributed by atoms with van der Waals surface area (Å²) in [4.78, 5) is 11.6. The molecule has 16 heavy (non-hydrogen) atoms. The molecule has 0 aromatic heterocycles. The molecule has 2 rings (SSSR count). The summed E-state index contributed by atoms with van der Waals surface area (Å²) in [6.45, 7) is 10.1. The van der Waals surface area contributed by atoms with E-state index in [0.29, 0.717) is 17.3 Å². The molecule has 2 aliphatic rings. The predicted molar refractivity (Wildman–Crippen MR) is 65.6 cm³/mol. The molecule has 3 atom stereocenters. The number of esters is 1. The molecule has 0 aromatic carbocycles. The topological polar surface area (TPSA) is 38.3 Å². The van der Waals surface area contributed by atoms with Crippen molar-refractivity contribution in [3.05, 3.63) is 0 Å². The van der Waals surface area contributed by atoms with Crippen LogP contribution >= 0.6 is 12.4 Å². The van der Waals surface area contributed by atoms with E-state index in [0.717, 1.165) is 6.54 Å². The Morgan fingerprint density at radius 3 is 2.31 bits per heavy atom. The second kappa shape index (κ2) is 3.88. The van der Waals surface area contributed by atoms with Gasteiger partial charge in [0.1, 0.15) is 6.04 Å². The minimum atomic E-state index is -0.105. The normalized spacial score (nSPS) is 37.9. The lowest BCUT2D eigenvalue weighted by atomic mass is 9.40. The van der Waals surface area contributed by atoms with Crippen molar-refractivity contribution in [2.75, 3.05) is 13.7 Å². The van der Waals surface area contributed by atoms with Gasteiger partial charge in [-0.3, -0.25) is 4.79 Å². The average molecular weight is 248 g/mol. The fourth-order valence-electron chi connectivity index (χ4n) is 3.53. The minimum absolute atomic E-state index is 0. The zero-order valence-electron chi connectivity index (χ0n) is 10.7. The van der Waals surface area contributed by atoms with E-state index in [1.54, 1.807) is 0 Å². The van der Waals surface area contributed by atoms with E-state index in [1.807, 2.05) is 0 Å². The van der Waals surface area contributed by atoms with Gasteiger partial charge in [0.25, 0.3) is 0 Å². The molecule has 0 aromatic rings. The Morgan fingerprint density at radius 2 is 1.81 bits per heavy atom. The molecular formula is C12H22ClNO2. The van der Waals surface area contributed by atoms with Crippen LogP contribution in [0.25, 0.3) is 0 Å². The second-order valence-corrected chi connectivity index (χ2v) is 5.98. The Kier molecular flexibility index (Phi) is 3.34. The largest absolute Gasteiger partial charge is 0.468 e. The van der Waals surface area contributed by atoms with Gasteiger partial charge >= 0.3 is 5.97 Å². The van der Waals surface area contributed by atoms with Crippen LogP contribution in [0.1, 0.15) is 27.7 Å². The van der Waals surface area contributed by atoms with Crippen LogP contribution in [0.2, 0.25) is 0 Å². The lowest BCUT2D eigenvalue weighted by Gasteiger charge is -2.63. The Labute approximate surface area is 104 Å². The fraction of sp³-hybridized carbons (Fsp3) is 0.917. The van der Waals surface area contributed by atoms with Gasteiger partial charge in [-0.1, -0.05) is 27.7 Å². The summed E-state index contributed by atoms with van der Waals surface area (Å²) in [6, 6.07) is -0.0944. The number of methoxy groups -OCH3 is 1. The first-order valence-corrected chi connectivity index (χ1v) is 5.65. The van der Waals surface area contributed by atoms with Crippen molar-refractivity contribution >= 4 is 18.4 Å². The molecule has 1 aliphatic heterocycles. The molecule has 0 spiro atoms. The summed E-state index contributed by atoms with van der Waals surface area (Å²) in [7, 11) is 1.47. The third kappa shape index (κ3) is 1.41. The highest BCUT2D eigenvalue weighted by Gasteiger charge is 2.67. The van der Waals surface area contributed by atoms with Crippen LogP contribution in [0.3, 0.4) is 0 Å². The van der Waals surface area contributed by atoms with E-state index in [1.165, 1.54) is 7.11 Å². The SMILES string of the molecule is COC(=O)[C@H]1NC[C@H]2[C@@H]1C(C)(C)C2(C)C.Cl. The maximum atomic E-state index is 11.6. The summed E-state index contributed by atoms with van der Waals surface area (Å²) < 4.78 is 4.85. The molecule has 1 saturated carbocycles. The molecule has 1 heterocycles. The molecule has 3 nitrogen and oxygen atoms in total. The fourth-order valence-corrected chi connectivity index (χ4v) is 3.53. The lowest BCUT2D eigenvalue weighted by molar-refractivity contribution is -0.169. The average Bonchev–Trinajstić information content (AvgIpc) is 2.59. The standard InChI is InChI=1S/C12H21NO2.ClH/c1-11(2)7-6-13-9(10(14)15-5)8(7)12(11,3)4;/h7-9,13H,6H2,1-5H3;1H/t7-,8-,9-;/m0./s1. The van der Waals surface area contributed by atoms with E-state index in [-0.39, 0.29) is 29.8 Å². The molecule has 2 fully saturated rings. The number of halogens is 1. The molecule has 0 radical (unpaired) electrons. The first-order chi connectivity index (χ1) is 6.84. The van der Waals surface area contributed by atoms with Crippen molar-refractivity contribution in [2.24, 2.45) is 22.7 Å². The lowest BCUT2D eigenvalue weighted by Crippen LogP contribution is -2.62. The number of fused-ring (bicyclic) bond motifs is 1. The molecule has 0 unspecified atom stereocenters. The molecule has 0 bridgehead atoms. The summed E-state index contributed by atoms with van der Waals surface area (Å²) >= 11 is 0. The number of hydrogen-bond donors (Lipinski definition) is 1. The van der Waals surface area contributed by atoms with E-state index in [4.69, 9.17) is 4.74 Å². The molecule has 4 heteroatoms. The van der Waals surface area contributed by atoms with Gasteiger partial charge in [-0.15, -0.1) is 12.4 Å². The van der Waals surface area contributed by atoms with Gasteiger partial charge < -0.3 is 10.1 Å². The van der Waals surface area contributed by atoms with Crippen LogP contribution in [-0.2, 0) is 9.53 Å². The van der Waals surface area contributed by atoms with Gasteiger partial charge in [-0.2, -0.15) is 0 Å². The zero-order chi connectivity index (χ0) is 11.4. The Morgan fingerprint density at radius 1 is 1.25 bits per heavy atom. The van der Waals surface area contributed by atoms with Crippen LogP contribution in [0.15, 0.2) is 0 Å². The van der Waals surface area contributed by atoms with Gasteiger partial charge in [0, 0.05) is 0 Å². The Hall–Kier alpha value is -0.280. The van der Waals surface area contributed by atoms with E-state index in [9.17, 15) is 4.79 Å². The maximum absolute atomic E-state index is 11.6. The molecule has 0 amide bonds. The van der Waals surface area contributed by atoms with Gasteiger partial charge in [-0.25, -0.2) is 0 Å². The maximum Gasteiger partial charge on any atom is 0.323 e. The summed E-state index contributed by atoms with van der Waals surface area (Å²) in [6.07, 6.45) is 0. The van der Waals surface area contributed by atoms with Crippen molar-refractivity contribution in [1.82, 2.24) is 5.32 Å². The highest BCUT2D eigenvalue weighted by atomic mass is 35.5. The van der Waals surface area contributed by atoms with Crippen LogP contribution < -0.4 is 5.32 Å². The number of ether oxygens (including phenoxy) is 1. The van der Waals surface area contributed by atoms with Gasteiger partial charge in [0.2, 0.25) is 0 Å².